The highest BCUT2D eigenvalue weighted by Crippen LogP contribution is 2.40. The van der Waals surface area contributed by atoms with Crippen LogP contribution in [-0.4, -0.2) is 12.7 Å². The summed E-state index contributed by atoms with van der Waals surface area (Å²) in [5.41, 5.74) is 1.69. The fourth-order valence-corrected chi connectivity index (χ4v) is 2.86. The van der Waals surface area contributed by atoms with Crippen molar-refractivity contribution in [3.8, 4) is 0 Å². The highest BCUT2D eigenvalue weighted by atomic mass is 16.5. The van der Waals surface area contributed by atoms with Gasteiger partial charge in [0, 0.05) is 7.11 Å². The van der Waals surface area contributed by atoms with Crippen LogP contribution in [0.5, 0.6) is 0 Å². The Morgan fingerprint density at radius 2 is 1.94 bits per heavy atom. The number of benzene rings is 1. The van der Waals surface area contributed by atoms with Crippen LogP contribution >= 0.6 is 0 Å². The Kier molecular flexibility index (Phi) is 4.22. The number of aryl methyl sites for hydroxylation is 1. The van der Waals surface area contributed by atoms with Crippen LogP contribution in [0.4, 0.5) is 0 Å². The second kappa shape index (κ2) is 5.68. The Hall–Kier alpha value is -0.820. The largest absolute Gasteiger partial charge is 0.378 e. The Balaban J connectivity index is 1.76. The van der Waals surface area contributed by atoms with Crippen LogP contribution in [0.2, 0.25) is 0 Å². The van der Waals surface area contributed by atoms with Gasteiger partial charge in [0.15, 0.2) is 0 Å². The molecule has 0 bridgehead atoms. The number of ether oxygens (including phenoxy) is 1. The van der Waals surface area contributed by atoms with Gasteiger partial charge in [-0.15, -0.1) is 0 Å². The predicted octanol–water partition coefficient (Wildman–Crippen LogP) is 4.21. The first kappa shape index (κ1) is 12.6. The van der Waals surface area contributed by atoms with Gasteiger partial charge in [-0.2, -0.15) is 0 Å². The predicted molar refractivity (Wildman–Crippen MR) is 72.1 cm³/mol. The number of rotatable bonds is 6. The average Bonchev–Trinajstić information content (AvgIpc) is 2.33. The molecule has 0 aliphatic heterocycles. The maximum absolute atomic E-state index is 5.70. The van der Waals surface area contributed by atoms with Crippen molar-refractivity contribution in [1.82, 2.24) is 0 Å². The van der Waals surface area contributed by atoms with Gasteiger partial charge in [-0.25, -0.2) is 0 Å². The quantitative estimate of drug-likeness (QED) is 0.713. The van der Waals surface area contributed by atoms with Crippen molar-refractivity contribution in [3.05, 3.63) is 35.9 Å². The third kappa shape index (κ3) is 3.32. The fraction of sp³-hybridized carbons (Fsp3) is 0.625. The summed E-state index contributed by atoms with van der Waals surface area (Å²) in [5.74, 6) is 0.760. The van der Waals surface area contributed by atoms with E-state index in [-0.39, 0.29) is 5.60 Å². The topological polar surface area (TPSA) is 9.23 Å². The van der Waals surface area contributed by atoms with E-state index in [1.54, 1.807) is 0 Å². The molecule has 0 amide bonds. The van der Waals surface area contributed by atoms with Crippen molar-refractivity contribution < 1.29 is 4.74 Å². The zero-order chi connectivity index (χ0) is 12.1. The maximum Gasteiger partial charge on any atom is 0.0681 e. The molecule has 1 nitrogen and oxygen atoms in total. The Bertz CT molecular complexity index is 321. The van der Waals surface area contributed by atoms with Gasteiger partial charge in [-0.05, 0) is 50.0 Å². The van der Waals surface area contributed by atoms with Crippen molar-refractivity contribution in [3.63, 3.8) is 0 Å². The Morgan fingerprint density at radius 1 is 1.24 bits per heavy atom. The summed E-state index contributed by atoms with van der Waals surface area (Å²) in [4.78, 5) is 0. The second-order valence-electron chi connectivity index (χ2n) is 5.57. The van der Waals surface area contributed by atoms with E-state index in [1.807, 2.05) is 7.11 Å². The number of methoxy groups -OCH3 is 1. The monoisotopic (exact) mass is 232 g/mol. The van der Waals surface area contributed by atoms with Crippen molar-refractivity contribution >= 4 is 0 Å². The van der Waals surface area contributed by atoms with Crippen molar-refractivity contribution in [2.45, 2.75) is 51.0 Å². The van der Waals surface area contributed by atoms with Gasteiger partial charge in [0.25, 0.3) is 0 Å². The molecule has 1 saturated carbocycles. The third-order valence-electron chi connectivity index (χ3n) is 4.19. The van der Waals surface area contributed by atoms with Crippen LogP contribution in [0.25, 0.3) is 0 Å². The lowest BCUT2D eigenvalue weighted by atomic mass is 9.73. The first-order valence-corrected chi connectivity index (χ1v) is 6.83. The normalized spacial score (nSPS) is 19.6. The molecule has 0 saturated heterocycles. The number of hydrogen-bond donors (Lipinski definition) is 0. The average molecular weight is 232 g/mol. The molecule has 0 radical (unpaired) electrons. The lowest BCUT2D eigenvalue weighted by Crippen LogP contribution is -2.40. The van der Waals surface area contributed by atoms with Gasteiger partial charge in [0.05, 0.1) is 5.60 Å². The smallest absolute Gasteiger partial charge is 0.0681 e. The van der Waals surface area contributed by atoms with E-state index in [2.05, 4.69) is 37.3 Å². The van der Waals surface area contributed by atoms with E-state index in [9.17, 15) is 0 Å². The minimum Gasteiger partial charge on any atom is -0.378 e. The molecule has 1 aliphatic carbocycles. The molecular weight excluding hydrogens is 208 g/mol. The summed E-state index contributed by atoms with van der Waals surface area (Å²) in [7, 11) is 1.88. The highest BCUT2D eigenvalue weighted by molar-refractivity contribution is 5.14. The maximum atomic E-state index is 5.70. The molecule has 0 aromatic heterocycles. The minimum absolute atomic E-state index is 0.232. The van der Waals surface area contributed by atoms with Gasteiger partial charge in [0.2, 0.25) is 0 Å². The van der Waals surface area contributed by atoms with Crippen LogP contribution in [0, 0.1) is 5.92 Å². The van der Waals surface area contributed by atoms with Crippen LogP contribution in [0.3, 0.4) is 0 Å². The van der Waals surface area contributed by atoms with Crippen LogP contribution in [0.15, 0.2) is 30.3 Å². The summed E-state index contributed by atoms with van der Waals surface area (Å²) in [6.07, 6.45) is 7.57. The standard InChI is InChI=1S/C16H24O/c1-14(13-16(17-2)11-6-12-16)9-10-15-7-4-3-5-8-15/h3-5,7-8,14H,6,9-13H2,1-2H3. The number of hydrogen-bond acceptors (Lipinski definition) is 1. The van der Waals surface area contributed by atoms with Crippen LogP contribution in [0.1, 0.15) is 44.6 Å². The second-order valence-corrected chi connectivity index (χ2v) is 5.57. The molecular formula is C16H24O. The summed E-state index contributed by atoms with van der Waals surface area (Å²) in [6, 6.07) is 10.8. The molecule has 94 valence electrons. The molecule has 0 N–H and O–H groups in total. The lowest BCUT2D eigenvalue weighted by Gasteiger charge is -2.42. The zero-order valence-corrected chi connectivity index (χ0v) is 11.1. The lowest BCUT2D eigenvalue weighted by molar-refractivity contribution is -0.0868. The van der Waals surface area contributed by atoms with Gasteiger partial charge < -0.3 is 4.74 Å². The molecule has 2 rings (SSSR count). The van der Waals surface area contributed by atoms with Gasteiger partial charge in [-0.1, -0.05) is 37.3 Å². The Labute approximate surface area is 105 Å². The van der Waals surface area contributed by atoms with E-state index in [1.165, 1.54) is 44.1 Å². The molecule has 0 spiro atoms. The molecule has 0 heterocycles. The molecule has 1 atom stereocenters. The molecule has 1 aliphatic rings. The molecule has 1 aromatic rings. The van der Waals surface area contributed by atoms with E-state index in [4.69, 9.17) is 4.74 Å². The third-order valence-corrected chi connectivity index (χ3v) is 4.19. The zero-order valence-electron chi connectivity index (χ0n) is 11.1. The molecule has 1 aromatic carbocycles. The summed E-state index contributed by atoms with van der Waals surface area (Å²) in [6.45, 7) is 2.36. The fourth-order valence-electron chi connectivity index (χ4n) is 2.86. The molecule has 1 unspecified atom stereocenters. The molecule has 17 heavy (non-hydrogen) atoms. The van der Waals surface area contributed by atoms with Crippen molar-refractivity contribution in [1.29, 1.82) is 0 Å². The summed E-state index contributed by atoms with van der Waals surface area (Å²) < 4.78 is 5.70. The minimum atomic E-state index is 0.232. The van der Waals surface area contributed by atoms with E-state index in [0.717, 1.165) is 5.92 Å². The first-order valence-electron chi connectivity index (χ1n) is 6.83. The highest BCUT2D eigenvalue weighted by Gasteiger charge is 2.37. The van der Waals surface area contributed by atoms with Gasteiger partial charge in [-0.3, -0.25) is 0 Å². The Morgan fingerprint density at radius 3 is 2.47 bits per heavy atom. The van der Waals surface area contributed by atoms with Gasteiger partial charge in [0.1, 0.15) is 0 Å². The van der Waals surface area contributed by atoms with Crippen LogP contribution < -0.4 is 0 Å². The molecule has 1 heteroatoms. The summed E-state index contributed by atoms with van der Waals surface area (Å²) in [5, 5.41) is 0. The van der Waals surface area contributed by atoms with E-state index < -0.39 is 0 Å². The van der Waals surface area contributed by atoms with Crippen LogP contribution in [-0.2, 0) is 11.2 Å². The van der Waals surface area contributed by atoms with Gasteiger partial charge >= 0.3 is 0 Å². The van der Waals surface area contributed by atoms with Crippen molar-refractivity contribution in [2.75, 3.05) is 7.11 Å². The first-order chi connectivity index (χ1) is 8.24. The van der Waals surface area contributed by atoms with Crippen molar-refractivity contribution in [2.24, 2.45) is 5.92 Å². The molecule has 1 fully saturated rings. The van der Waals surface area contributed by atoms with E-state index >= 15 is 0 Å². The SMILES string of the molecule is COC1(CC(C)CCc2ccccc2)CCC1. The van der Waals surface area contributed by atoms with E-state index in [0.29, 0.717) is 0 Å². The summed E-state index contributed by atoms with van der Waals surface area (Å²) >= 11 is 0.